The molecule has 0 spiro atoms. The Labute approximate surface area is 228 Å². The van der Waals surface area contributed by atoms with E-state index < -0.39 is 16.0 Å². The van der Waals surface area contributed by atoms with Crippen molar-refractivity contribution in [1.29, 1.82) is 0 Å². The first-order valence-corrected chi connectivity index (χ1v) is 13.9. The van der Waals surface area contributed by atoms with Gasteiger partial charge in [0.25, 0.3) is 0 Å². The highest BCUT2D eigenvalue weighted by Gasteiger charge is 2.26. The van der Waals surface area contributed by atoms with Gasteiger partial charge in [0, 0.05) is 18.9 Å². The lowest BCUT2D eigenvalue weighted by molar-refractivity contribution is -0.134. The molecule has 0 atom stereocenters. The molecule has 0 unspecified atom stereocenters. The van der Waals surface area contributed by atoms with Crippen LogP contribution in [0.5, 0.6) is 5.75 Å². The summed E-state index contributed by atoms with van der Waals surface area (Å²) < 4.78 is 34.2. The summed E-state index contributed by atoms with van der Waals surface area (Å²) in [6, 6.07) is 25.7. The van der Waals surface area contributed by atoms with Crippen LogP contribution in [0.2, 0.25) is 0 Å². The van der Waals surface area contributed by atoms with Crippen LogP contribution in [0.4, 0.5) is 5.82 Å². The van der Waals surface area contributed by atoms with E-state index in [2.05, 4.69) is 15.3 Å². The van der Waals surface area contributed by atoms with Crippen LogP contribution in [-0.2, 0) is 34.3 Å². The molecule has 0 amide bonds. The molecule has 39 heavy (non-hydrogen) atoms. The molecule has 2 heterocycles. The number of anilines is 1. The Kier molecular flexibility index (Phi) is 9.60. The molecule has 0 saturated carbocycles. The van der Waals surface area contributed by atoms with Gasteiger partial charge in [-0.1, -0.05) is 48.5 Å². The summed E-state index contributed by atoms with van der Waals surface area (Å²) in [6.07, 6.45) is 4.53. The largest absolute Gasteiger partial charge is 0.494 e. The average molecular weight is 547 g/mol. The Morgan fingerprint density at radius 3 is 2.38 bits per heavy atom. The first-order valence-electron chi connectivity index (χ1n) is 12.5. The molecule has 9 nitrogen and oxygen atoms in total. The van der Waals surface area contributed by atoms with Crippen LogP contribution < -0.4 is 10.1 Å². The number of aromatic nitrogens is 2. The monoisotopic (exact) mass is 546 g/mol. The number of sulfonamides is 1. The maximum atomic E-state index is 13.6. The number of benzene rings is 2. The van der Waals surface area contributed by atoms with Crippen molar-refractivity contribution in [3.05, 3.63) is 114 Å². The topological polar surface area (TPSA) is 122 Å². The first-order chi connectivity index (χ1) is 18.9. The van der Waals surface area contributed by atoms with Crippen LogP contribution in [0.3, 0.4) is 0 Å². The van der Waals surface area contributed by atoms with E-state index in [9.17, 15) is 13.2 Å². The molecule has 0 fully saturated rings. The molecular formula is C29H30N4O5S. The van der Waals surface area contributed by atoms with E-state index in [4.69, 9.17) is 9.84 Å². The molecule has 0 aliphatic heterocycles. The number of hydrogen-bond acceptors (Lipinski definition) is 7. The smallest absolute Gasteiger partial charge is 0.322 e. The predicted molar refractivity (Wildman–Crippen MR) is 148 cm³/mol. The van der Waals surface area contributed by atoms with Gasteiger partial charge >= 0.3 is 5.97 Å². The number of aryl methyl sites for hydroxylation is 1. The van der Waals surface area contributed by atoms with Crippen LogP contribution >= 0.6 is 0 Å². The van der Waals surface area contributed by atoms with Gasteiger partial charge in [-0.3, -0.25) is 9.78 Å². The summed E-state index contributed by atoms with van der Waals surface area (Å²) in [5.74, 6) is 0.185. The summed E-state index contributed by atoms with van der Waals surface area (Å²) in [6.45, 7) is 0.441. The third-order valence-corrected chi connectivity index (χ3v) is 7.62. The Hall–Kier alpha value is -4.28. The van der Waals surface area contributed by atoms with Gasteiger partial charge in [0.1, 0.15) is 23.0 Å². The fraction of sp³-hybridized carbons (Fsp3) is 0.207. The lowest BCUT2D eigenvalue weighted by Gasteiger charge is -2.22. The molecule has 2 aromatic carbocycles. The second kappa shape index (κ2) is 13.5. The molecule has 10 heteroatoms. The van der Waals surface area contributed by atoms with Crippen molar-refractivity contribution in [2.75, 3.05) is 18.5 Å². The minimum Gasteiger partial charge on any atom is -0.494 e. The number of pyridine rings is 2. The fourth-order valence-corrected chi connectivity index (χ4v) is 5.25. The van der Waals surface area contributed by atoms with E-state index in [-0.39, 0.29) is 24.5 Å². The molecular weight excluding hydrogens is 516 g/mol. The van der Waals surface area contributed by atoms with Crippen LogP contribution in [0.1, 0.15) is 23.2 Å². The number of ether oxygens (including phenoxy) is 1. The molecule has 202 valence electrons. The Balaban J connectivity index is 1.45. The van der Waals surface area contributed by atoms with Crippen LogP contribution in [0, 0.1) is 0 Å². The van der Waals surface area contributed by atoms with E-state index in [0.29, 0.717) is 18.1 Å². The average Bonchev–Trinajstić information content (AvgIpc) is 2.96. The highest BCUT2D eigenvalue weighted by molar-refractivity contribution is 7.89. The molecule has 0 aliphatic carbocycles. The van der Waals surface area contributed by atoms with E-state index in [1.165, 1.54) is 22.8 Å². The summed E-state index contributed by atoms with van der Waals surface area (Å²) in [7, 11) is -3.89. The minimum absolute atomic E-state index is 0.00159. The second-order valence-electron chi connectivity index (χ2n) is 8.80. The van der Waals surface area contributed by atoms with Crippen LogP contribution in [-0.4, -0.2) is 46.9 Å². The zero-order chi connectivity index (χ0) is 27.5. The van der Waals surface area contributed by atoms with Gasteiger partial charge in [-0.05, 0) is 60.4 Å². The standard InChI is InChI=1S/C29H30N4O5S/c34-29(35)20-31-28-12-4-8-25(32-28)22-33(39(36,37)27-11-5-17-30-19-27)21-24-15-13-23(14-16-24)7-6-18-38-26-9-2-1-3-10-26/h1-5,8-17,19H,6-7,18,20-22H2,(H,31,32)(H,34,35). The molecule has 0 radical (unpaired) electrons. The highest BCUT2D eigenvalue weighted by Crippen LogP contribution is 2.21. The maximum absolute atomic E-state index is 13.6. The van der Waals surface area contributed by atoms with Crippen LogP contribution in [0.15, 0.2) is 102 Å². The molecule has 4 aromatic rings. The van der Waals surface area contributed by atoms with Crippen molar-refractivity contribution in [3.63, 3.8) is 0 Å². The summed E-state index contributed by atoms with van der Waals surface area (Å²) >= 11 is 0. The van der Waals surface area contributed by atoms with Gasteiger partial charge < -0.3 is 15.2 Å². The SMILES string of the molecule is O=C(O)CNc1cccc(CN(Cc2ccc(CCCOc3ccccc3)cc2)S(=O)(=O)c2cccnc2)n1. The number of nitrogens with one attached hydrogen (secondary N) is 1. The molecule has 0 aliphatic rings. The first kappa shape index (κ1) is 27.7. The predicted octanol–water partition coefficient (Wildman–Crippen LogP) is 4.38. The van der Waals surface area contributed by atoms with E-state index in [1.54, 1.807) is 24.3 Å². The minimum atomic E-state index is -3.89. The van der Waals surface area contributed by atoms with Crippen LogP contribution in [0.25, 0.3) is 0 Å². The van der Waals surface area contributed by atoms with Crippen molar-refractivity contribution in [1.82, 2.24) is 14.3 Å². The number of aliphatic carboxylic acids is 1. The van der Waals surface area contributed by atoms with Crippen molar-refractivity contribution in [3.8, 4) is 5.75 Å². The number of carboxylic acids is 1. The molecule has 4 rings (SSSR count). The van der Waals surface area contributed by atoms with Crippen molar-refractivity contribution in [2.45, 2.75) is 30.8 Å². The lowest BCUT2D eigenvalue weighted by Crippen LogP contribution is -2.30. The van der Waals surface area contributed by atoms with E-state index in [0.717, 1.165) is 29.7 Å². The Bertz CT molecular complexity index is 1450. The Morgan fingerprint density at radius 1 is 0.897 bits per heavy atom. The molecule has 0 bridgehead atoms. The van der Waals surface area contributed by atoms with Crippen molar-refractivity contribution >= 4 is 21.8 Å². The van der Waals surface area contributed by atoms with Gasteiger partial charge in [0.2, 0.25) is 10.0 Å². The fourth-order valence-electron chi connectivity index (χ4n) is 3.89. The van der Waals surface area contributed by atoms with Crippen molar-refractivity contribution in [2.24, 2.45) is 0 Å². The normalized spacial score (nSPS) is 11.3. The van der Waals surface area contributed by atoms with Crippen molar-refractivity contribution < 1.29 is 23.1 Å². The summed E-state index contributed by atoms with van der Waals surface area (Å²) in [4.78, 5) is 19.4. The lowest BCUT2D eigenvalue weighted by atomic mass is 10.1. The van der Waals surface area contributed by atoms with Gasteiger partial charge in [0.15, 0.2) is 0 Å². The third kappa shape index (κ3) is 8.36. The van der Waals surface area contributed by atoms with Gasteiger partial charge in [-0.25, -0.2) is 13.4 Å². The van der Waals surface area contributed by atoms with Gasteiger partial charge in [-0.15, -0.1) is 0 Å². The number of hydrogen-bond donors (Lipinski definition) is 2. The molecule has 0 saturated heterocycles. The summed E-state index contributed by atoms with van der Waals surface area (Å²) in [5.41, 5.74) is 2.44. The van der Waals surface area contributed by atoms with Gasteiger partial charge in [-0.2, -0.15) is 4.31 Å². The highest BCUT2D eigenvalue weighted by atomic mass is 32.2. The zero-order valence-corrected chi connectivity index (χ0v) is 22.1. The summed E-state index contributed by atoms with van der Waals surface area (Å²) in [5, 5.41) is 11.6. The number of rotatable bonds is 14. The zero-order valence-electron chi connectivity index (χ0n) is 21.3. The Morgan fingerprint density at radius 2 is 1.67 bits per heavy atom. The quantitative estimate of drug-likeness (QED) is 0.224. The molecule has 2 aromatic heterocycles. The number of carbonyl (C=O) groups is 1. The number of nitrogens with zero attached hydrogens (tertiary/aromatic N) is 3. The second-order valence-corrected chi connectivity index (χ2v) is 10.7. The maximum Gasteiger partial charge on any atom is 0.322 e. The number of para-hydroxylation sites is 1. The third-order valence-electron chi connectivity index (χ3n) is 5.84. The number of carboxylic acid groups (broad SMARTS) is 1. The van der Waals surface area contributed by atoms with E-state index in [1.807, 2.05) is 54.6 Å². The van der Waals surface area contributed by atoms with Gasteiger partial charge in [0.05, 0.1) is 18.8 Å². The van der Waals surface area contributed by atoms with E-state index >= 15 is 0 Å². The molecule has 2 N–H and O–H groups in total.